The molecule has 4 nitrogen and oxygen atoms in total. The number of benzene rings is 1. The Morgan fingerprint density at radius 3 is 2.78 bits per heavy atom. The third-order valence-corrected chi connectivity index (χ3v) is 2.41. The molecule has 6 heteroatoms. The van der Waals surface area contributed by atoms with Crippen molar-refractivity contribution in [3.8, 4) is 11.3 Å². The Morgan fingerprint density at radius 2 is 2.06 bits per heavy atom. The Balaban J connectivity index is 2.47. The van der Waals surface area contributed by atoms with Crippen molar-refractivity contribution in [3.63, 3.8) is 0 Å². The molecular formula is C12H11F2N3O. The third-order valence-electron chi connectivity index (χ3n) is 2.41. The molecule has 0 aliphatic rings. The van der Waals surface area contributed by atoms with E-state index in [4.69, 9.17) is 10.8 Å². The number of aromatic nitrogens is 2. The Hall–Kier alpha value is -1.92. The van der Waals surface area contributed by atoms with Gasteiger partial charge >= 0.3 is 0 Å². The maximum atomic E-state index is 13.6. The molecule has 2 aromatic rings. The fourth-order valence-electron chi connectivity index (χ4n) is 1.48. The quantitative estimate of drug-likeness (QED) is 0.865. The van der Waals surface area contributed by atoms with E-state index in [1.807, 2.05) is 0 Å². The van der Waals surface area contributed by atoms with E-state index in [-0.39, 0.29) is 23.7 Å². The van der Waals surface area contributed by atoms with E-state index >= 15 is 0 Å². The summed E-state index contributed by atoms with van der Waals surface area (Å²) in [5.41, 5.74) is 5.82. The standard InChI is InChI=1S/C12H11F2N3O/c13-7-1-2-9(14)8(5-7)11-3-4-16-12(17-11)10(15)6-18/h1-5,10,18H,6,15H2. The predicted octanol–water partition coefficient (Wildman–Crippen LogP) is 1.41. The summed E-state index contributed by atoms with van der Waals surface area (Å²) in [6.45, 7) is -0.324. The van der Waals surface area contributed by atoms with Gasteiger partial charge in [-0.25, -0.2) is 18.7 Å². The van der Waals surface area contributed by atoms with Crippen molar-refractivity contribution in [1.82, 2.24) is 9.97 Å². The van der Waals surface area contributed by atoms with Crippen molar-refractivity contribution in [3.05, 3.63) is 47.9 Å². The van der Waals surface area contributed by atoms with Crippen LogP contribution in [0.15, 0.2) is 30.5 Å². The van der Waals surface area contributed by atoms with Crippen molar-refractivity contribution >= 4 is 0 Å². The first-order chi connectivity index (χ1) is 8.61. The van der Waals surface area contributed by atoms with Gasteiger partial charge in [0.1, 0.15) is 17.5 Å². The highest BCUT2D eigenvalue weighted by atomic mass is 19.1. The minimum absolute atomic E-state index is 0.0313. The Morgan fingerprint density at radius 1 is 1.28 bits per heavy atom. The molecule has 0 saturated heterocycles. The molecule has 0 radical (unpaired) electrons. The lowest BCUT2D eigenvalue weighted by Crippen LogP contribution is -2.17. The zero-order valence-electron chi connectivity index (χ0n) is 9.35. The van der Waals surface area contributed by atoms with Crippen molar-refractivity contribution in [2.75, 3.05) is 6.61 Å². The number of hydrogen-bond donors (Lipinski definition) is 2. The number of hydrogen-bond acceptors (Lipinski definition) is 4. The number of aliphatic hydroxyl groups is 1. The van der Waals surface area contributed by atoms with Gasteiger partial charge in [0, 0.05) is 11.8 Å². The summed E-state index contributed by atoms with van der Waals surface area (Å²) in [6.07, 6.45) is 1.39. The summed E-state index contributed by atoms with van der Waals surface area (Å²) in [4.78, 5) is 7.89. The summed E-state index contributed by atoms with van der Waals surface area (Å²) in [7, 11) is 0. The molecule has 0 fully saturated rings. The third kappa shape index (κ3) is 2.49. The summed E-state index contributed by atoms with van der Waals surface area (Å²) >= 11 is 0. The smallest absolute Gasteiger partial charge is 0.147 e. The van der Waals surface area contributed by atoms with Gasteiger partial charge in [-0.2, -0.15) is 0 Å². The van der Waals surface area contributed by atoms with Crippen LogP contribution in [0, 0.1) is 11.6 Å². The Labute approximate surface area is 102 Å². The molecule has 0 spiro atoms. The van der Waals surface area contributed by atoms with Gasteiger partial charge in [-0.05, 0) is 24.3 Å². The van der Waals surface area contributed by atoms with Gasteiger partial charge in [0.05, 0.1) is 18.3 Å². The van der Waals surface area contributed by atoms with E-state index in [0.29, 0.717) is 0 Å². The van der Waals surface area contributed by atoms with Gasteiger partial charge in [0.25, 0.3) is 0 Å². The maximum Gasteiger partial charge on any atom is 0.147 e. The molecule has 0 bridgehead atoms. The van der Waals surface area contributed by atoms with E-state index in [0.717, 1.165) is 18.2 Å². The van der Waals surface area contributed by atoms with Gasteiger partial charge in [-0.3, -0.25) is 0 Å². The average Bonchev–Trinajstić information content (AvgIpc) is 2.40. The molecule has 1 aromatic carbocycles. The Kier molecular flexibility index (Phi) is 3.59. The van der Waals surface area contributed by atoms with E-state index in [1.54, 1.807) is 0 Å². The normalized spacial score (nSPS) is 12.4. The van der Waals surface area contributed by atoms with Gasteiger partial charge in [-0.1, -0.05) is 0 Å². The van der Waals surface area contributed by atoms with Gasteiger partial charge in [0.2, 0.25) is 0 Å². The first kappa shape index (κ1) is 12.5. The van der Waals surface area contributed by atoms with Crippen LogP contribution in [0.1, 0.15) is 11.9 Å². The van der Waals surface area contributed by atoms with Crippen molar-refractivity contribution in [2.24, 2.45) is 5.73 Å². The van der Waals surface area contributed by atoms with E-state index in [1.165, 1.54) is 12.3 Å². The SMILES string of the molecule is NC(CO)c1nccc(-c2cc(F)ccc2F)n1. The van der Waals surface area contributed by atoms with Crippen molar-refractivity contribution in [2.45, 2.75) is 6.04 Å². The topological polar surface area (TPSA) is 72.0 Å². The van der Waals surface area contributed by atoms with Crippen LogP contribution in [0.25, 0.3) is 11.3 Å². The maximum absolute atomic E-state index is 13.6. The minimum Gasteiger partial charge on any atom is -0.394 e. The summed E-state index contributed by atoms with van der Waals surface area (Å²) < 4.78 is 26.6. The summed E-state index contributed by atoms with van der Waals surface area (Å²) in [6, 6.07) is 3.80. The van der Waals surface area contributed by atoms with Crippen LogP contribution < -0.4 is 5.73 Å². The van der Waals surface area contributed by atoms with Crippen LogP contribution in [0.3, 0.4) is 0 Å². The molecule has 0 amide bonds. The van der Waals surface area contributed by atoms with E-state index < -0.39 is 17.7 Å². The predicted molar refractivity (Wildman–Crippen MR) is 61.4 cm³/mol. The summed E-state index contributed by atoms with van der Waals surface area (Å²) in [5.74, 6) is -0.963. The second-order valence-corrected chi connectivity index (χ2v) is 3.71. The molecule has 1 unspecified atom stereocenters. The van der Waals surface area contributed by atoms with Crippen molar-refractivity contribution < 1.29 is 13.9 Å². The van der Waals surface area contributed by atoms with Crippen molar-refractivity contribution in [1.29, 1.82) is 0 Å². The monoisotopic (exact) mass is 251 g/mol. The lowest BCUT2D eigenvalue weighted by molar-refractivity contribution is 0.263. The lowest BCUT2D eigenvalue weighted by Gasteiger charge is -2.08. The molecule has 0 aliphatic heterocycles. The van der Waals surface area contributed by atoms with Gasteiger partial charge in [0.15, 0.2) is 0 Å². The molecule has 3 N–H and O–H groups in total. The van der Waals surface area contributed by atoms with Crippen LogP contribution in [0.2, 0.25) is 0 Å². The second-order valence-electron chi connectivity index (χ2n) is 3.71. The second kappa shape index (κ2) is 5.16. The molecule has 1 heterocycles. The number of nitrogens with zero attached hydrogens (tertiary/aromatic N) is 2. The Bertz CT molecular complexity index is 563. The molecule has 0 saturated carbocycles. The minimum atomic E-state index is -0.749. The zero-order valence-corrected chi connectivity index (χ0v) is 9.35. The van der Waals surface area contributed by atoms with Crippen LogP contribution in [0.4, 0.5) is 8.78 Å². The highest BCUT2D eigenvalue weighted by Gasteiger charge is 2.12. The lowest BCUT2D eigenvalue weighted by atomic mass is 10.1. The highest BCUT2D eigenvalue weighted by molar-refractivity contribution is 5.59. The largest absolute Gasteiger partial charge is 0.394 e. The fourth-order valence-corrected chi connectivity index (χ4v) is 1.48. The van der Waals surface area contributed by atoms with Gasteiger partial charge in [-0.15, -0.1) is 0 Å². The van der Waals surface area contributed by atoms with Crippen LogP contribution in [-0.4, -0.2) is 21.7 Å². The highest BCUT2D eigenvalue weighted by Crippen LogP contribution is 2.22. The first-order valence-electron chi connectivity index (χ1n) is 5.26. The fraction of sp³-hybridized carbons (Fsp3) is 0.167. The molecule has 2 rings (SSSR count). The van der Waals surface area contributed by atoms with Crippen LogP contribution in [0.5, 0.6) is 0 Å². The number of rotatable bonds is 3. The number of nitrogens with two attached hydrogens (primary N) is 1. The van der Waals surface area contributed by atoms with Gasteiger partial charge < -0.3 is 10.8 Å². The molecule has 1 aromatic heterocycles. The molecule has 0 aliphatic carbocycles. The van der Waals surface area contributed by atoms with E-state index in [9.17, 15) is 8.78 Å². The molecule has 18 heavy (non-hydrogen) atoms. The zero-order chi connectivity index (χ0) is 13.1. The summed E-state index contributed by atoms with van der Waals surface area (Å²) in [5, 5.41) is 8.91. The molecule has 94 valence electrons. The number of aliphatic hydroxyl groups excluding tert-OH is 1. The first-order valence-corrected chi connectivity index (χ1v) is 5.26. The average molecular weight is 251 g/mol. The van der Waals surface area contributed by atoms with Crippen LogP contribution in [-0.2, 0) is 0 Å². The molecular weight excluding hydrogens is 240 g/mol. The molecule has 1 atom stereocenters. The van der Waals surface area contributed by atoms with Crippen LogP contribution >= 0.6 is 0 Å². The number of halogens is 2. The van der Waals surface area contributed by atoms with E-state index in [2.05, 4.69) is 9.97 Å².